The molecule has 0 amide bonds. The van der Waals surface area contributed by atoms with E-state index in [-0.39, 0.29) is 17.5 Å². The number of thioether (sulfide) groups is 2. The van der Waals surface area contributed by atoms with Crippen LogP contribution < -0.4 is 26.2 Å². The van der Waals surface area contributed by atoms with E-state index in [9.17, 15) is 0 Å². The average molecular weight is 1820 g/mol. The normalized spacial score (nSPS) is 39.1. The third kappa shape index (κ3) is 12.9. The number of anilines is 6. The minimum absolute atomic E-state index is 0.133. The summed E-state index contributed by atoms with van der Waals surface area (Å²) >= 11 is 5.12. The van der Waals surface area contributed by atoms with Gasteiger partial charge in [0.05, 0.1) is 35.8 Å². The van der Waals surface area contributed by atoms with Crippen molar-refractivity contribution >= 4 is 94.2 Å². The van der Waals surface area contributed by atoms with Crippen molar-refractivity contribution in [3.63, 3.8) is 0 Å². The van der Waals surface area contributed by atoms with Gasteiger partial charge in [-0.3, -0.25) is 19.6 Å². The van der Waals surface area contributed by atoms with Crippen LogP contribution in [0, 0.1) is 13.8 Å². The zero-order valence-corrected chi connectivity index (χ0v) is 82.9. The van der Waals surface area contributed by atoms with Gasteiger partial charge < -0.3 is 19.3 Å². The smallest absolute Gasteiger partial charge is 0.252 e. The van der Waals surface area contributed by atoms with Crippen LogP contribution in [-0.4, -0.2) is 158 Å². The second-order valence-electron chi connectivity index (χ2n) is 49.0. The van der Waals surface area contributed by atoms with Gasteiger partial charge in [-0.2, -0.15) is 23.5 Å². The number of aryl methyl sites for hydroxylation is 2. The van der Waals surface area contributed by atoms with Gasteiger partial charge in [0.25, 0.3) is 6.71 Å². The van der Waals surface area contributed by atoms with E-state index in [0.717, 1.165) is 130 Å². The molecule has 9 aromatic carbocycles. The van der Waals surface area contributed by atoms with Gasteiger partial charge in [-0.15, -0.1) is 0 Å². The summed E-state index contributed by atoms with van der Waals surface area (Å²) in [5.41, 5.74) is 26.8. The molecule has 0 bridgehead atoms. The second-order valence-corrected chi connectivity index (χ2v) is 52.0. The molecule has 10 aliphatic carbocycles. The molecule has 0 radical (unpaired) electrons. The second kappa shape index (κ2) is 32.9. The molecular formula is C122H143B3N6O2S2. The summed E-state index contributed by atoms with van der Waals surface area (Å²) < 4.78 is 14.8. The fourth-order valence-corrected chi connectivity index (χ4v) is 41.8. The van der Waals surface area contributed by atoms with Crippen molar-refractivity contribution < 1.29 is 9.47 Å². The molecule has 0 spiro atoms. The minimum atomic E-state index is -0.133. The molecule has 12 aliphatic heterocycles. The quantitative estimate of drug-likeness (QED) is 0.159. The summed E-state index contributed by atoms with van der Waals surface area (Å²) in [5, 5.41) is 3.59. The number of benzene rings is 9. The van der Waals surface area contributed by atoms with Crippen molar-refractivity contribution in [1.82, 2.24) is 19.6 Å². The van der Waals surface area contributed by atoms with E-state index in [1.165, 1.54) is 270 Å². The first-order valence-electron chi connectivity index (χ1n) is 55.5. The van der Waals surface area contributed by atoms with Gasteiger partial charge in [0.1, 0.15) is 0 Å². The molecule has 8 nitrogen and oxygen atoms in total. The van der Waals surface area contributed by atoms with Gasteiger partial charge in [0.2, 0.25) is 0 Å². The van der Waals surface area contributed by atoms with E-state index >= 15 is 0 Å². The number of hydrogen-bond donors (Lipinski definition) is 0. The molecule has 9 aromatic rings. The molecular weight excluding hydrogens is 1680 g/mol. The molecule has 135 heavy (non-hydrogen) atoms. The maximum atomic E-state index is 7.38. The van der Waals surface area contributed by atoms with Crippen LogP contribution in [0.5, 0.6) is 0 Å². The van der Waals surface area contributed by atoms with Gasteiger partial charge in [-0.25, -0.2) is 0 Å². The number of ether oxygens (including phenoxy) is 2. The van der Waals surface area contributed by atoms with E-state index in [4.69, 9.17) is 9.47 Å². The van der Waals surface area contributed by atoms with Crippen LogP contribution in [-0.2, 0) is 20.3 Å². The number of para-hydroxylation sites is 2. The van der Waals surface area contributed by atoms with Gasteiger partial charge in [0.15, 0.2) is 13.4 Å². The number of rotatable bonds is 4. The molecule has 31 rings (SSSR count). The van der Waals surface area contributed by atoms with Crippen LogP contribution >= 0.6 is 23.5 Å². The monoisotopic (exact) mass is 1820 g/mol. The fourth-order valence-electron chi connectivity index (χ4n) is 37.7. The lowest BCUT2D eigenvalue weighted by molar-refractivity contribution is -0.258. The first-order valence-corrected chi connectivity index (χ1v) is 57.3. The highest BCUT2D eigenvalue weighted by Gasteiger charge is 2.74. The van der Waals surface area contributed by atoms with Crippen LogP contribution in [0.1, 0.15) is 300 Å². The molecule has 8 saturated heterocycles. The zero-order valence-electron chi connectivity index (χ0n) is 81.3. The molecule has 22 aliphatic rings. The highest BCUT2D eigenvalue weighted by Crippen LogP contribution is 2.72. The predicted molar refractivity (Wildman–Crippen MR) is 564 cm³/mol. The predicted octanol–water partition coefficient (Wildman–Crippen LogP) is 26.0. The summed E-state index contributed by atoms with van der Waals surface area (Å²) in [5.74, 6) is 7.90. The van der Waals surface area contributed by atoms with Crippen molar-refractivity contribution in [2.24, 2.45) is 0 Å². The van der Waals surface area contributed by atoms with Crippen molar-refractivity contribution in [3.8, 4) is 0 Å². The van der Waals surface area contributed by atoms with Crippen molar-refractivity contribution in [2.45, 2.75) is 421 Å². The van der Waals surface area contributed by atoms with Crippen LogP contribution in [0.4, 0.5) is 34.1 Å². The van der Waals surface area contributed by atoms with E-state index in [0.29, 0.717) is 66.2 Å². The lowest BCUT2D eigenvalue weighted by Crippen LogP contribution is -2.82. The largest absolute Gasteiger partial charge is 0.372 e. The Bertz CT molecular complexity index is 5460. The molecule has 13 heteroatoms. The molecule has 694 valence electrons. The third-order valence-corrected chi connectivity index (χ3v) is 45.9. The molecule has 18 fully saturated rings. The standard InChI is InChI=1S/C42H55BN2O2.C42H55BN2S2.C38H33BN2/c2*1-3-11-26(12-4-1)28-19-21-32-30(23-28)43-31-24-29(27-13-5-2-6-14-27)20-22-33(31)45-35-16-8-10-18-37(35)47-39-25-38-41(40(43)42(39)45)44(32)34-15-7-9-17-36(34)46-38;1-22-15-17-32-28(19-22)39-29-20-23(2)16-18-33(29)41-31-14-10-8-12-25(31)38(5,6)27-21-26-35(34(39)36(27)41)40(32)30-13-9-7-11-24(30)37(26,3)4/h2*1-6,11-14,28-42H,7-10,15-25H2;7-21H,1-6H3. The molecule has 10 saturated carbocycles. The van der Waals surface area contributed by atoms with Gasteiger partial charge in [-0.05, 0) is 298 Å². The Morgan fingerprint density at radius 2 is 0.630 bits per heavy atom. The van der Waals surface area contributed by atoms with E-state index < -0.39 is 0 Å². The molecule has 12 heterocycles. The first kappa shape index (κ1) is 85.0. The van der Waals surface area contributed by atoms with Gasteiger partial charge >= 0.3 is 0 Å². The SMILES string of the molecule is Cc1ccc2c(c1)B1c3cc(C)ccc3N3c4ccccc4C(C)(C)c4cc5c(c1c43)N2c1ccccc1C5(C)C.c1ccc(C2CCC3C(C2)B2C4CC(c5ccccc5)CCC4N4C5CCCCC5OC5CC6OC7CCCCC7N3C6C2C54)cc1.c1ccc(C2CCC3C(C2)B2C4CC(c5ccccc5)CCC4N4C5CCCCC5SC5CC6SC7CCCCC7N3C6C2C54)cc1. The summed E-state index contributed by atoms with van der Waals surface area (Å²) in [6, 6.07) is 91.1. The first-order chi connectivity index (χ1) is 66.3. The average Bonchev–Trinajstić information content (AvgIpc) is 0.661. The Morgan fingerprint density at radius 1 is 0.289 bits per heavy atom. The number of morpholine rings is 2. The maximum absolute atomic E-state index is 7.38. The lowest BCUT2D eigenvalue weighted by atomic mass is 9.17. The summed E-state index contributed by atoms with van der Waals surface area (Å²) in [7, 11) is 0. The van der Waals surface area contributed by atoms with Gasteiger partial charge in [-0.1, -0.05) is 272 Å². The maximum Gasteiger partial charge on any atom is 0.252 e. The van der Waals surface area contributed by atoms with Crippen LogP contribution in [0.25, 0.3) is 0 Å². The highest BCUT2D eigenvalue weighted by molar-refractivity contribution is 8.01. The third-order valence-electron chi connectivity index (χ3n) is 42.4. The van der Waals surface area contributed by atoms with E-state index in [1.54, 1.807) is 22.3 Å². The van der Waals surface area contributed by atoms with Crippen molar-refractivity contribution in [2.75, 3.05) is 9.80 Å². The summed E-state index contributed by atoms with van der Waals surface area (Å²) in [6.07, 6.45) is 43.9. The zero-order chi connectivity index (χ0) is 89.3. The number of hydrogen-bond acceptors (Lipinski definition) is 10. The summed E-state index contributed by atoms with van der Waals surface area (Å²) in [4.78, 5) is 18.5. The molecule has 28 unspecified atom stereocenters. The Kier molecular flexibility index (Phi) is 20.7. The molecule has 28 atom stereocenters. The Morgan fingerprint density at radius 3 is 1.02 bits per heavy atom. The number of fused-ring (bicyclic) bond motifs is 30. The lowest BCUT2D eigenvalue weighted by Gasteiger charge is -2.74. The minimum Gasteiger partial charge on any atom is -0.372 e. The van der Waals surface area contributed by atoms with Crippen molar-refractivity contribution in [1.29, 1.82) is 0 Å². The topological polar surface area (TPSA) is 37.9 Å². The summed E-state index contributed by atoms with van der Waals surface area (Å²) in [6.45, 7) is 16.1. The molecule has 0 aromatic heterocycles. The Hall–Kier alpha value is -6.77. The van der Waals surface area contributed by atoms with E-state index in [2.05, 4.69) is 307 Å². The Balaban J connectivity index is 0.0000000987. The fraction of sp³-hybridized carbons (Fsp3) is 0.557. The highest BCUT2D eigenvalue weighted by atomic mass is 32.2. The van der Waals surface area contributed by atoms with Crippen molar-refractivity contribution in [3.05, 3.63) is 268 Å². The number of nitrogens with zero attached hydrogens (tertiary/aromatic N) is 6. The van der Waals surface area contributed by atoms with Gasteiger partial charge in [0, 0.05) is 134 Å². The van der Waals surface area contributed by atoms with Crippen LogP contribution in [0.3, 0.4) is 0 Å². The Labute approximate surface area is 816 Å². The van der Waals surface area contributed by atoms with Crippen LogP contribution in [0.15, 0.2) is 212 Å². The van der Waals surface area contributed by atoms with Crippen LogP contribution in [0.2, 0.25) is 34.9 Å². The van der Waals surface area contributed by atoms with E-state index in [1.807, 2.05) is 0 Å². The molecule has 0 N–H and O–H groups in total.